The highest BCUT2D eigenvalue weighted by atomic mass is 16.5. The molecule has 1 fully saturated rings. The highest BCUT2D eigenvalue weighted by molar-refractivity contribution is 4.74. The van der Waals surface area contributed by atoms with Gasteiger partial charge in [0.15, 0.2) is 0 Å². The molecular formula is C11H23NO2. The first-order valence-corrected chi connectivity index (χ1v) is 5.72. The minimum Gasteiger partial charge on any atom is -0.396 e. The molecular weight excluding hydrogens is 178 g/mol. The SMILES string of the molecule is CC(CCCO)NCC1CCC(C)O1. The van der Waals surface area contributed by atoms with Crippen molar-refractivity contribution in [3.63, 3.8) is 0 Å². The van der Waals surface area contributed by atoms with Gasteiger partial charge in [0.25, 0.3) is 0 Å². The monoisotopic (exact) mass is 201 g/mol. The molecule has 2 N–H and O–H groups in total. The van der Waals surface area contributed by atoms with Crippen LogP contribution in [0.25, 0.3) is 0 Å². The van der Waals surface area contributed by atoms with Crippen LogP contribution in [0.5, 0.6) is 0 Å². The van der Waals surface area contributed by atoms with Crippen molar-refractivity contribution in [2.45, 2.75) is 57.8 Å². The van der Waals surface area contributed by atoms with E-state index < -0.39 is 0 Å². The van der Waals surface area contributed by atoms with Crippen LogP contribution in [0.1, 0.15) is 39.5 Å². The Hall–Kier alpha value is -0.120. The lowest BCUT2D eigenvalue weighted by molar-refractivity contribution is 0.0544. The average molecular weight is 201 g/mol. The summed E-state index contributed by atoms with van der Waals surface area (Å²) in [5.74, 6) is 0. The highest BCUT2D eigenvalue weighted by Crippen LogP contribution is 2.18. The van der Waals surface area contributed by atoms with Gasteiger partial charge in [0.05, 0.1) is 12.2 Å². The first kappa shape index (κ1) is 12.0. The standard InChI is InChI=1S/C11H23NO2/c1-9(4-3-7-13)12-8-11-6-5-10(2)14-11/h9-13H,3-8H2,1-2H3. The van der Waals surface area contributed by atoms with Crippen molar-refractivity contribution in [1.29, 1.82) is 0 Å². The Morgan fingerprint density at radius 3 is 2.86 bits per heavy atom. The van der Waals surface area contributed by atoms with Crippen molar-refractivity contribution >= 4 is 0 Å². The summed E-state index contributed by atoms with van der Waals surface area (Å²) in [4.78, 5) is 0. The van der Waals surface area contributed by atoms with Crippen LogP contribution >= 0.6 is 0 Å². The molecule has 0 spiro atoms. The molecule has 14 heavy (non-hydrogen) atoms. The third kappa shape index (κ3) is 4.40. The molecule has 0 aromatic rings. The number of nitrogens with one attached hydrogen (secondary N) is 1. The molecule has 3 heteroatoms. The van der Waals surface area contributed by atoms with Crippen molar-refractivity contribution in [3.8, 4) is 0 Å². The number of hydrogen-bond donors (Lipinski definition) is 2. The van der Waals surface area contributed by atoms with Crippen LogP contribution in [-0.4, -0.2) is 36.5 Å². The van der Waals surface area contributed by atoms with E-state index in [2.05, 4.69) is 19.2 Å². The lowest BCUT2D eigenvalue weighted by Gasteiger charge is -2.17. The average Bonchev–Trinajstić information content (AvgIpc) is 2.58. The van der Waals surface area contributed by atoms with E-state index >= 15 is 0 Å². The fourth-order valence-electron chi connectivity index (χ4n) is 1.87. The van der Waals surface area contributed by atoms with Gasteiger partial charge >= 0.3 is 0 Å². The molecule has 3 atom stereocenters. The predicted octanol–water partition coefficient (Wildman–Crippen LogP) is 1.30. The molecule has 0 radical (unpaired) electrons. The van der Waals surface area contributed by atoms with Crippen LogP contribution in [0.3, 0.4) is 0 Å². The van der Waals surface area contributed by atoms with Gasteiger partial charge in [-0.3, -0.25) is 0 Å². The number of hydrogen-bond acceptors (Lipinski definition) is 3. The Morgan fingerprint density at radius 1 is 1.50 bits per heavy atom. The molecule has 0 aromatic heterocycles. The second-order valence-corrected chi connectivity index (χ2v) is 4.32. The molecule has 1 rings (SSSR count). The molecule has 3 nitrogen and oxygen atoms in total. The van der Waals surface area contributed by atoms with E-state index in [9.17, 15) is 0 Å². The van der Waals surface area contributed by atoms with E-state index in [-0.39, 0.29) is 0 Å². The van der Waals surface area contributed by atoms with Crippen LogP contribution in [0.4, 0.5) is 0 Å². The molecule has 0 aromatic carbocycles. The van der Waals surface area contributed by atoms with Crippen molar-refractivity contribution in [2.24, 2.45) is 0 Å². The fourth-order valence-corrected chi connectivity index (χ4v) is 1.87. The van der Waals surface area contributed by atoms with E-state index in [1.807, 2.05) is 0 Å². The van der Waals surface area contributed by atoms with Gasteiger partial charge in [-0.1, -0.05) is 0 Å². The van der Waals surface area contributed by atoms with Gasteiger partial charge in [-0.05, 0) is 39.5 Å². The Labute approximate surface area is 86.8 Å². The number of aliphatic hydroxyl groups is 1. The van der Waals surface area contributed by atoms with Crippen molar-refractivity contribution < 1.29 is 9.84 Å². The zero-order valence-electron chi connectivity index (χ0n) is 9.33. The first-order valence-electron chi connectivity index (χ1n) is 5.72. The van der Waals surface area contributed by atoms with E-state index in [4.69, 9.17) is 9.84 Å². The van der Waals surface area contributed by atoms with E-state index in [1.165, 1.54) is 12.8 Å². The number of ether oxygens (including phenoxy) is 1. The predicted molar refractivity (Wildman–Crippen MR) is 57.4 cm³/mol. The Balaban J connectivity index is 2.02. The zero-order valence-corrected chi connectivity index (χ0v) is 9.33. The normalized spacial score (nSPS) is 29.4. The molecule has 3 unspecified atom stereocenters. The van der Waals surface area contributed by atoms with Gasteiger partial charge in [-0.15, -0.1) is 0 Å². The summed E-state index contributed by atoms with van der Waals surface area (Å²) < 4.78 is 5.70. The van der Waals surface area contributed by atoms with Crippen LogP contribution in [0.15, 0.2) is 0 Å². The molecule has 1 heterocycles. The van der Waals surface area contributed by atoms with Crippen molar-refractivity contribution in [3.05, 3.63) is 0 Å². The fraction of sp³-hybridized carbons (Fsp3) is 1.00. The van der Waals surface area contributed by atoms with Crippen LogP contribution in [0.2, 0.25) is 0 Å². The third-order valence-electron chi connectivity index (χ3n) is 2.81. The van der Waals surface area contributed by atoms with E-state index in [0.29, 0.717) is 24.9 Å². The molecule has 1 aliphatic rings. The summed E-state index contributed by atoms with van der Waals surface area (Å²) in [6, 6.07) is 0.488. The number of rotatable bonds is 6. The second-order valence-electron chi connectivity index (χ2n) is 4.32. The maximum Gasteiger partial charge on any atom is 0.0704 e. The van der Waals surface area contributed by atoms with Crippen molar-refractivity contribution in [2.75, 3.05) is 13.2 Å². The lowest BCUT2D eigenvalue weighted by atomic mass is 10.1. The summed E-state index contributed by atoms with van der Waals surface area (Å²) in [5, 5.41) is 12.1. The highest BCUT2D eigenvalue weighted by Gasteiger charge is 2.21. The summed E-state index contributed by atoms with van der Waals surface area (Å²) in [5.41, 5.74) is 0. The van der Waals surface area contributed by atoms with Crippen LogP contribution in [0, 0.1) is 0 Å². The van der Waals surface area contributed by atoms with E-state index in [1.54, 1.807) is 0 Å². The smallest absolute Gasteiger partial charge is 0.0704 e. The van der Waals surface area contributed by atoms with Crippen molar-refractivity contribution in [1.82, 2.24) is 5.32 Å². The summed E-state index contributed by atoms with van der Waals surface area (Å²) in [7, 11) is 0. The third-order valence-corrected chi connectivity index (χ3v) is 2.81. The maximum atomic E-state index is 8.68. The molecule has 0 saturated carbocycles. The Kier molecular flexibility index (Phi) is 5.45. The second kappa shape index (κ2) is 6.38. The largest absolute Gasteiger partial charge is 0.396 e. The topological polar surface area (TPSA) is 41.5 Å². The van der Waals surface area contributed by atoms with Gasteiger partial charge < -0.3 is 15.2 Å². The summed E-state index contributed by atoms with van der Waals surface area (Å²) in [6.07, 6.45) is 5.14. The van der Waals surface area contributed by atoms with Gasteiger partial charge in [-0.2, -0.15) is 0 Å². The van der Waals surface area contributed by atoms with Gasteiger partial charge in [0.2, 0.25) is 0 Å². The molecule has 0 aliphatic carbocycles. The molecule has 0 amide bonds. The molecule has 84 valence electrons. The zero-order chi connectivity index (χ0) is 10.4. The molecule has 1 saturated heterocycles. The first-order chi connectivity index (χ1) is 6.72. The van der Waals surface area contributed by atoms with Crippen LogP contribution in [-0.2, 0) is 4.74 Å². The van der Waals surface area contributed by atoms with Crippen LogP contribution < -0.4 is 5.32 Å². The minimum absolute atomic E-state index is 0.295. The Bertz CT molecular complexity index is 152. The van der Waals surface area contributed by atoms with Gasteiger partial charge in [0, 0.05) is 19.2 Å². The minimum atomic E-state index is 0.295. The number of aliphatic hydroxyl groups excluding tert-OH is 1. The van der Waals surface area contributed by atoms with E-state index in [0.717, 1.165) is 19.4 Å². The summed E-state index contributed by atoms with van der Waals surface area (Å²) >= 11 is 0. The molecule has 1 aliphatic heterocycles. The quantitative estimate of drug-likeness (QED) is 0.680. The lowest BCUT2D eigenvalue weighted by Crippen LogP contribution is -2.33. The Morgan fingerprint density at radius 2 is 2.29 bits per heavy atom. The van der Waals surface area contributed by atoms with Gasteiger partial charge in [0.1, 0.15) is 0 Å². The summed E-state index contributed by atoms with van der Waals surface area (Å²) in [6.45, 7) is 5.54. The molecule has 0 bridgehead atoms. The van der Waals surface area contributed by atoms with Gasteiger partial charge in [-0.25, -0.2) is 0 Å². The maximum absolute atomic E-state index is 8.68.